The molecule has 0 aliphatic heterocycles. The molecule has 0 aromatic heterocycles. The Balaban J connectivity index is 2.96. The molecule has 0 radical (unpaired) electrons. The van der Waals surface area contributed by atoms with Crippen molar-refractivity contribution in [2.24, 2.45) is 10.8 Å². The first kappa shape index (κ1) is 16.9. The van der Waals surface area contributed by atoms with Gasteiger partial charge < -0.3 is 9.47 Å². The fourth-order valence-electron chi connectivity index (χ4n) is 1.87. The Kier molecular flexibility index (Phi) is 5.12. The summed E-state index contributed by atoms with van der Waals surface area (Å²) >= 11 is 0. The first-order valence-corrected chi connectivity index (χ1v) is 7.35. The Labute approximate surface area is 124 Å². The van der Waals surface area contributed by atoms with Crippen LogP contribution in [0.25, 0.3) is 0 Å². The van der Waals surface area contributed by atoms with Gasteiger partial charge in [0.15, 0.2) is 11.5 Å². The molecular weight excluding hydrogens is 248 g/mol. The van der Waals surface area contributed by atoms with Gasteiger partial charge in [-0.1, -0.05) is 54.5 Å². The molecule has 0 heterocycles. The van der Waals surface area contributed by atoms with Gasteiger partial charge in [0, 0.05) is 0 Å². The highest BCUT2D eigenvalue weighted by atomic mass is 16.5. The van der Waals surface area contributed by atoms with Crippen LogP contribution in [0.5, 0.6) is 11.5 Å². The summed E-state index contributed by atoms with van der Waals surface area (Å²) in [6.45, 7) is 16.2. The van der Waals surface area contributed by atoms with Crippen LogP contribution in [0.2, 0.25) is 0 Å². The van der Waals surface area contributed by atoms with Gasteiger partial charge in [0.25, 0.3) is 0 Å². The molecule has 2 nitrogen and oxygen atoms in total. The van der Waals surface area contributed by atoms with Crippen LogP contribution in [-0.2, 0) is 0 Å². The standard InChI is InChI=1S/C18H30O2/c1-13(18(5,6)7)14-9-10-15(16(11-14)19-8)20-12-17(2,3)4/h9-11,13H,12H2,1-8H3. The van der Waals surface area contributed by atoms with Crippen molar-refractivity contribution in [1.82, 2.24) is 0 Å². The van der Waals surface area contributed by atoms with Crippen LogP contribution in [0.4, 0.5) is 0 Å². The van der Waals surface area contributed by atoms with Gasteiger partial charge in [0.2, 0.25) is 0 Å². The number of hydrogen-bond acceptors (Lipinski definition) is 2. The van der Waals surface area contributed by atoms with Crippen molar-refractivity contribution < 1.29 is 9.47 Å². The molecule has 0 N–H and O–H groups in total. The van der Waals surface area contributed by atoms with E-state index in [1.807, 2.05) is 6.07 Å². The molecule has 1 aromatic rings. The van der Waals surface area contributed by atoms with Gasteiger partial charge in [-0.3, -0.25) is 0 Å². The number of benzene rings is 1. The largest absolute Gasteiger partial charge is 0.493 e. The molecule has 1 atom stereocenters. The average molecular weight is 278 g/mol. The Hall–Kier alpha value is -1.18. The molecule has 0 saturated heterocycles. The van der Waals surface area contributed by atoms with E-state index in [-0.39, 0.29) is 10.8 Å². The van der Waals surface area contributed by atoms with E-state index in [1.54, 1.807) is 7.11 Å². The molecule has 1 aromatic carbocycles. The zero-order valence-electron chi connectivity index (χ0n) is 14.3. The monoisotopic (exact) mass is 278 g/mol. The van der Waals surface area contributed by atoms with Crippen LogP contribution in [-0.4, -0.2) is 13.7 Å². The molecular formula is C18H30O2. The van der Waals surface area contributed by atoms with Crippen LogP contribution in [0.3, 0.4) is 0 Å². The summed E-state index contributed by atoms with van der Waals surface area (Å²) in [5, 5.41) is 0. The highest BCUT2D eigenvalue weighted by Crippen LogP contribution is 2.38. The third kappa shape index (κ3) is 4.73. The maximum absolute atomic E-state index is 5.89. The minimum atomic E-state index is 0.141. The lowest BCUT2D eigenvalue weighted by molar-refractivity contribution is 0.191. The van der Waals surface area contributed by atoms with E-state index in [9.17, 15) is 0 Å². The first-order valence-electron chi connectivity index (χ1n) is 7.35. The quantitative estimate of drug-likeness (QED) is 0.747. The topological polar surface area (TPSA) is 18.5 Å². The molecule has 1 unspecified atom stereocenters. The van der Waals surface area contributed by atoms with Crippen molar-refractivity contribution in [2.75, 3.05) is 13.7 Å². The second kappa shape index (κ2) is 6.07. The van der Waals surface area contributed by atoms with Crippen molar-refractivity contribution in [2.45, 2.75) is 54.4 Å². The van der Waals surface area contributed by atoms with E-state index in [0.29, 0.717) is 12.5 Å². The maximum atomic E-state index is 5.89. The van der Waals surface area contributed by atoms with Gasteiger partial charge in [-0.15, -0.1) is 0 Å². The summed E-state index contributed by atoms with van der Waals surface area (Å²) in [7, 11) is 1.70. The minimum absolute atomic E-state index is 0.141. The Morgan fingerprint density at radius 2 is 1.60 bits per heavy atom. The smallest absolute Gasteiger partial charge is 0.161 e. The average Bonchev–Trinajstić information content (AvgIpc) is 2.33. The number of methoxy groups -OCH3 is 1. The number of rotatable bonds is 4. The van der Waals surface area contributed by atoms with Crippen LogP contribution in [0, 0.1) is 10.8 Å². The van der Waals surface area contributed by atoms with Crippen molar-refractivity contribution in [1.29, 1.82) is 0 Å². The Morgan fingerprint density at radius 3 is 2.05 bits per heavy atom. The number of ether oxygens (including phenoxy) is 2. The van der Waals surface area contributed by atoms with Gasteiger partial charge in [-0.25, -0.2) is 0 Å². The lowest BCUT2D eigenvalue weighted by Crippen LogP contribution is -2.18. The normalized spacial score (nSPS) is 14.0. The van der Waals surface area contributed by atoms with Crippen molar-refractivity contribution in [3.05, 3.63) is 23.8 Å². The van der Waals surface area contributed by atoms with E-state index in [1.165, 1.54) is 5.56 Å². The lowest BCUT2D eigenvalue weighted by Gasteiger charge is -2.28. The molecule has 0 aliphatic carbocycles. The Bertz CT molecular complexity index is 436. The van der Waals surface area contributed by atoms with Crippen molar-refractivity contribution >= 4 is 0 Å². The molecule has 0 bridgehead atoms. The van der Waals surface area contributed by atoms with Crippen molar-refractivity contribution in [3.8, 4) is 11.5 Å². The highest BCUT2D eigenvalue weighted by Gasteiger charge is 2.23. The van der Waals surface area contributed by atoms with Gasteiger partial charge in [0.05, 0.1) is 13.7 Å². The molecule has 0 saturated carbocycles. The molecule has 0 fully saturated rings. The van der Waals surface area contributed by atoms with Gasteiger partial charge in [0.1, 0.15) is 0 Å². The van der Waals surface area contributed by atoms with Crippen LogP contribution in [0.1, 0.15) is 59.9 Å². The van der Waals surface area contributed by atoms with E-state index in [4.69, 9.17) is 9.47 Å². The molecule has 0 amide bonds. The third-order valence-corrected chi connectivity index (χ3v) is 3.65. The second-order valence-corrected chi connectivity index (χ2v) is 7.85. The van der Waals surface area contributed by atoms with Gasteiger partial charge in [-0.05, 0) is 34.4 Å². The predicted octanol–water partition coefficient (Wildman–Crippen LogP) is 5.27. The summed E-state index contributed by atoms with van der Waals surface area (Å²) in [5.41, 5.74) is 1.67. The van der Waals surface area contributed by atoms with E-state index in [0.717, 1.165) is 11.5 Å². The number of hydrogen-bond donors (Lipinski definition) is 0. The zero-order chi connectivity index (χ0) is 15.6. The fraction of sp³-hybridized carbons (Fsp3) is 0.667. The van der Waals surface area contributed by atoms with Crippen molar-refractivity contribution in [3.63, 3.8) is 0 Å². The van der Waals surface area contributed by atoms with Crippen LogP contribution in [0.15, 0.2) is 18.2 Å². The molecule has 114 valence electrons. The Morgan fingerprint density at radius 1 is 1.00 bits per heavy atom. The van der Waals surface area contributed by atoms with Gasteiger partial charge in [-0.2, -0.15) is 0 Å². The summed E-state index contributed by atoms with van der Waals surface area (Å²) in [6, 6.07) is 6.28. The molecule has 0 aliphatic rings. The molecule has 20 heavy (non-hydrogen) atoms. The molecule has 1 rings (SSSR count). The maximum Gasteiger partial charge on any atom is 0.161 e. The predicted molar refractivity (Wildman–Crippen MR) is 85.8 cm³/mol. The zero-order valence-corrected chi connectivity index (χ0v) is 14.3. The SMILES string of the molecule is COc1cc(C(C)C(C)(C)C)ccc1OCC(C)(C)C. The minimum Gasteiger partial charge on any atom is -0.493 e. The molecule has 0 spiro atoms. The second-order valence-electron chi connectivity index (χ2n) is 7.85. The highest BCUT2D eigenvalue weighted by molar-refractivity contribution is 5.44. The van der Waals surface area contributed by atoms with Crippen LogP contribution >= 0.6 is 0 Å². The summed E-state index contributed by atoms with van der Waals surface area (Å²) in [5.74, 6) is 2.11. The fourth-order valence-corrected chi connectivity index (χ4v) is 1.87. The molecule has 2 heteroatoms. The van der Waals surface area contributed by atoms with Crippen LogP contribution < -0.4 is 9.47 Å². The lowest BCUT2D eigenvalue weighted by atomic mass is 9.78. The first-order chi connectivity index (χ1) is 9.04. The van der Waals surface area contributed by atoms with Gasteiger partial charge >= 0.3 is 0 Å². The third-order valence-electron chi connectivity index (χ3n) is 3.65. The summed E-state index contributed by atoms with van der Waals surface area (Å²) < 4.78 is 11.4. The summed E-state index contributed by atoms with van der Waals surface area (Å²) in [6.07, 6.45) is 0. The summed E-state index contributed by atoms with van der Waals surface area (Å²) in [4.78, 5) is 0. The van der Waals surface area contributed by atoms with E-state index >= 15 is 0 Å². The van der Waals surface area contributed by atoms with E-state index < -0.39 is 0 Å². The van der Waals surface area contributed by atoms with E-state index in [2.05, 4.69) is 60.6 Å².